The Kier molecular flexibility index (Phi) is 3.33. The summed E-state index contributed by atoms with van der Waals surface area (Å²) in [6, 6.07) is 1.52. The average molecular weight is 271 g/mol. The number of nitro groups is 1. The monoisotopic (exact) mass is 270 g/mol. The van der Waals surface area contributed by atoms with E-state index in [9.17, 15) is 10.1 Å². The Hall–Kier alpha value is -1.89. The summed E-state index contributed by atoms with van der Waals surface area (Å²) in [4.78, 5) is 12.4. The highest BCUT2D eigenvalue weighted by atomic mass is 35.5. The van der Waals surface area contributed by atoms with Crippen molar-refractivity contribution in [1.82, 2.24) is 10.3 Å². The third-order valence-electron chi connectivity index (χ3n) is 2.60. The van der Waals surface area contributed by atoms with Gasteiger partial charge >= 0.3 is 5.69 Å². The van der Waals surface area contributed by atoms with Crippen LogP contribution in [0.15, 0.2) is 10.7 Å². The standard InChI is InChI=1S/C10H11ClN4O3/c1-3-4-14(2)7-5-6(11)8-9(13-18-12-8)10(7)15(16)17/h5H,3-4H2,1-2H3. The minimum absolute atomic E-state index is 0.0745. The summed E-state index contributed by atoms with van der Waals surface area (Å²) >= 11 is 6.01. The van der Waals surface area contributed by atoms with Gasteiger partial charge in [0.15, 0.2) is 5.52 Å². The Morgan fingerprint density at radius 1 is 1.50 bits per heavy atom. The van der Waals surface area contributed by atoms with Crippen molar-refractivity contribution >= 4 is 34.0 Å². The smallest absolute Gasteiger partial charge is 0.323 e. The predicted molar refractivity (Wildman–Crippen MR) is 67.0 cm³/mol. The third-order valence-corrected chi connectivity index (χ3v) is 2.89. The molecule has 7 nitrogen and oxygen atoms in total. The second-order valence-electron chi connectivity index (χ2n) is 3.87. The molecule has 0 saturated heterocycles. The van der Waals surface area contributed by atoms with Gasteiger partial charge in [-0.05, 0) is 22.8 Å². The molecule has 0 aliphatic carbocycles. The van der Waals surface area contributed by atoms with Gasteiger partial charge in [0.05, 0.1) is 9.95 Å². The van der Waals surface area contributed by atoms with Gasteiger partial charge in [0.1, 0.15) is 5.69 Å². The second-order valence-corrected chi connectivity index (χ2v) is 4.27. The molecule has 0 fully saturated rings. The highest BCUT2D eigenvalue weighted by Crippen LogP contribution is 2.38. The van der Waals surface area contributed by atoms with Crippen LogP contribution >= 0.6 is 11.6 Å². The summed E-state index contributed by atoms with van der Waals surface area (Å²) in [7, 11) is 1.77. The highest BCUT2D eigenvalue weighted by Gasteiger charge is 2.26. The quantitative estimate of drug-likeness (QED) is 0.627. The largest absolute Gasteiger partial charge is 0.369 e. The van der Waals surface area contributed by atoms with Crippen molar-refractivity contribution in [3.05, 3.63) is 21.2 Å². The molecule has 2 rings (SSSR count). The number of rotatable bonds is 4. The highest BCUT2D eigenvalue weighted by molar-refractivity contribution is 6.35. The summed E-state index contributed by atoms with van der Waals surface area (Å²) in [6.07, 6.45) is 0.861. The van der Waals surface area contributed by atoms with Crippen molar-refractivity contribution in [3.63, 3.8) is 0 Å². The van der Waals surface area contributed by atoms with Crippen LogP contribution in [0.25, 0.3) is 11.0 Å². The van der Waals surface area contributed by atoms with Gasteiger partial charge in [-0.3, -0.25) is 10.1 Å². The molecule has 8 heteroatoms. The summed E-state index contributed by atoms with van der Waals surface area (Å²) in [5.41, 5.74) is 0.559. The van der Waals surface area contributed by atoms with E-state index in [0.29, 0.717) is 12.2 Å². The van der Waals surface area contributed by atoms with Crippen molar-refractivity contribution < 1.29 is 9.55 Å². The fourth-order valence-corrected chi connectivity index (χ4v) is 2.03. The van der Waals surface area contributed by atoms with E-state index >= 15 is 0 Å². The number of halogens is 1. The van der Waals surface area contributed by atoms with Crippen LogP contribution in [0, 0.1) is 10.1 Å². The van der Waals surface area contributed by atoms with Crippen molar-refractivity contribution in [1.29, 1.82) is 0 Å². The van der Waals surface area contributed by atoms with Crippen LogP contribution in [-0.2, 0) is 0 Å². The van der Waals surface area contributed by atoms with Crippen molar-refractivity contribution in [2.45, 2.75) is 13.3 Å². The first-order valence-corrected chi connectivity index (χ1v) is 5.74. The molecule has 2 aromatic rings. The van der Waals surface area contributed by atoms with E-state index in [4.69, 9.17) is 11.6 Å². The topological polar surface area (TPSA) is 85.3 Å². The van der Waals surface area contributed by atoms with Gasteiger partial charge in [0.2, 0.25) is 5.52 Å². The van der Waals surface area contributed by atoms with Crippen LogP contribution in [0.3, 0.4) is 0 Å². The van der Waals surface area contributed by atoms with Crippen LogP contribution in [0.4, 0.5) is 11.4 Å². The Morgan fingerprint density at radius 3 is 2.78 bits per heavy atom. The number of anilines is 1. The summed E-state index contributed by atoms with van der Waals surface area (Å²) in [6.45, 7) is 2.66. The zero-order valence-corrected chi connectivity index (χ0v) is 10.6. The molecule has 0 bridgehead atoms. The maximum atomic E-state index is 11.2. The lowest BCUT2D eigenvalue weighted by atomic mass is 10.2. The van der Waals surface area contributed by atoms with Gasteiger partial charge in [-0.15, -0.1) is 0 Å². The number of benzene rings is 1. The van der Waals surface area contributed by atoms with E-state index in [1.54, 1.807) is 11.9 Å². The van der Waals surface area contributed by atoms with Gasteiger partial charge in [-0.25, -0.2) is 4.63 Å². The lowest BCUT2D eigenvalue weighted by Crippen LogP contribution is -2.19. The molecule has 0 amide bonds. The molecule has 1 aromatic heterocycles. The number of fused-ring (bicyclic) bond motifs is 1. The molecule has 0 aliphatic heterocycles. The maximum Gasteiger partial charge on any atom is 0.323 e. The number of hydrogen-bond acceptors (Lipinski definition) is 6. The molecule has 0 saturated carbocycles. The number of nitrogens with zero attached hydrogens (tertiary/aromatic N) is 4. The Bertz CT molecular complexity index is 598. The van der Waals surface area contributed by atoms with Crippen LogP contribution in [0.1, 0.15) is 13.3 Å². The zero-order valence-electron chi connectivity index (χ0n) is 9.88. The lowest BCUT2D eigenvalue weighted by molar-refractivity contribution is -0.382. The first-order chi connectivity index (χ1) is 8.56. The van der Waals surface area contributed by atoms with Crippen LogP contribution in [-0.4, -0.2) is 28.8 Å². The van der Waals surface area contributed by atoms with E-state index < -0.39 is 4.92 Å². The molecule has 0 atom stereocenters. The van der Waals surface area contributed by atoms with Crippen molar-refractivity contribution in [2.75, 3.05) is 18.5 Å². The molecule has 18 heavy (non-hydrogen) atoms. The summed E-state index contributed by atoms with van der Waals surface area (Å²) in [5.74, 6) is 0. The molecule has 0 unspecified atom stereocenters. The summed E-state index contributed by atoms with van der Waals surface area (Å²) < 4.78 is 4.52. The van der Waals surface area contributed by atoms with Gasteiger partial charge in [-0.2, -0.15) is 0 Å². The molecule has 0 aliphatic rings. The van der Waals surface area contributed by atoms with Crippen LogP contribution < -0.4 is 4.90 Å². The predicted octanol–water partition coefficient (Wildman–Crippen LogP) is 2.63. The fourth-order valence-electron chi connectivity index (χ4n) is 1.81. The second kappa shape index (κ2) is 4.77. The van der Waals surface area contributed by atoms with Gasteiger partial charge in [0, 0.05) is 13.6 Å². The SMILES string of the molecule is CCCN(C)c1cc(Cl)c2nonc2c1[N+](=O)[O-]. The minimum atomic E-state index is -0.496. The first kappa shape index (κ1) is 12.6. The van der Waals surface area contributed by atoms with Crippen molar-refractivity contribution in [3.8, 4) is 0 Å². The van der Waals surface area contributed by atoms with E-state index in [0.717, 1.165) is 6.42 Å². The number of nitro benzene ring substituents is 1. The van der Waals surface area contributed by atoms with E-state index in [2.05, 4.69) is 14.9 Å². The molecular formula is C10H11ClN4O3. The number of aromatic nitrogens is 2. The van der Waals surface area contributed by atoms with Gasteiger partial charge in [-0.1, -0.05) is 18.5 Å². The van der Waals surface area contributed by atoms with Crippen LogP contribution in [0.5, 0.6) is 0 Å². The third kappa shape index (κ3) is 1.97. The maximum absolute atomic E-state index is 11.2. The first-order valence-electron chi connectivity index (χ1n) is 5.36. The average Bonchev–Trinajstić information content (AvgIpc) is 2.77. The Morgan fingerprint density at radius 2 is 2.17 bits per heavy atom. The molecule has 0 radical (unpaired) electrons. The Labute approximate surface area is 107 Å². The molecule has 1 heterocycles. The normalized spacial score (nSPS) is 10.8. The van der Waals surface area contributed by atoms with E-state index in [-0.39, 0.29) is 21.7 Å². The number of hydrogen-bond donors (Lipinski definition) is 0. The summed E-state index contributed by atoms with van der Waals surface area (Å²) in [5, 5.41) is 18.6. The van der Waals surface area contributed by atoms with Crippen LogP contribution in [0.2, 0.25) is 5.02 Å². The van der Waals surface area contributed by atoms with E-state index in [1.165, 1.54) is 6.07 Å². The van der Waals surface area contributed by atoms with E-state index in [1.807, 2.05) is 6.92 Å². The molecule has 1 aromatic carbocycles. The lowest BCUT2D eigenvalue weighted by Gasteiger charge is -2.18. The van der Waals surface area contributed by atoms with Gasteiger partial charge in [0.25, 0.3) is 0 Å². The Balaban J connectivity index is 2.71. The fraction of sp³-hybridized carbons (Fsp3) is 0.400. The van der Waals surface area contributed by atoms with Gasteiger partial charge < -0.3 is 4.90 Å². The zero-order chi connectivity index (χ0) is 13.3. The van der Waals surface area contributed by atoms with Crippen molar-refractivity contribution in [2.24, 2.45) is 0 Å². The molecule has 0 spiro atoms. The molecule has 96 valence electrons. The molecular weight excluding hydrogens is 260 g/mol. The minimum Gasteiger partial charge on any atom is -0.369 e. The molecule has 0 N–H and O–H groups in total.